The number of benzene rings is 1. The van der Waals surface area contributed by atoms with Gasteiger partial charge in [-0.3, -0.25) is 4.68 Å². The molecule has 0 fully saturated rings. The van der Waals surface area contributed by atoms with Gasteiger partial charge in [0.1, 0.15) is 0 Å². The lowest BCUT2D eigenvalue weighted by Crippen LogP contribution is -1.99. The van der Waals surface area contributed by atoms with Crippen molar-refractivity contribution >= 4 is 0 Å². The molecule has 3 nitrogen and oxygen atoms in total. The van der Waals surface area contributed by atoms with Crippen LogP contribution in [0, 0.1) is 18.8 Å². The zero-order chi connectivity index (χ0) is 12.1. The van der Waals surface area contributed by atoms with Crippen molar-refractivity contribution in [2.24, 2.45) is 5.73 Å². The summed E-state index contributed by atoms with van der Waals surface area (Å²) in [5, 5.41) is 4.26. The topological polar surface area (TPSA) is 43.8 Å². The van der Waals surface area contributed by atoms with Crippen molar-refractivity contribution < 1.29 is 0 Å². The molecule has 17 heavy (non-hydrogen) atoms. The molecule has 0 aliphatic heterocycles. The predicted molar refractivity (Wildman–Crippen MR) is 68.4 cm³/mol. The first kappa shape index (κ1) is 11.4. The van der Waals surface area contributed by atoms with Gasteiger partial charge in [-0.25, -0.2) is 0 Å². The highest BCUT2D eigenvalue weighted by Crippen LogP contribution is 2.06. The van der Waals surface area contributed by atoms with Gasteiger partial charge in [-0.2, -0.15) is 5.10 Å². The van der Waals surface area contributed by atoms with Gasteiger partial charge in [0.25, 0.3) is 0 Å². The van der Waals surface area contributed by atoms with Crippen LogP contribution in [0.25, 0.3) is 0 Å². The van der Waals surface area contributed by atoms with Crippen molar-refractivity contribution in [3.63, 3.8) is 0 Å². The fourth-order valence-electron chi connectivity index (χ4n) is 1.59. The fraction of sp³-hybridized carbons (Fsp3) is 0.214. The molecule has 0 saturated heterocycles. The van der Waals surface area contributed by atoms with E-state index in [9.17, 15) is 0 Å². The van der Waals surface area contributed by atoms with Gasteiger partial charge < -0.3 is 5.73 Å². The molecule has 0 unspecified atom stereocenters. The van der Waals surface area contributed by atoms with Gasteiger partial charge in [-0.15, -0.1) is 0 Å². The standard InChI is InChI=1S/C14H15N3/c1-12-9-16-17(10-12)11-14-6-4-13(5-7-14)3-2-8-15/h4-7,9-10H,8,11,15H2,1H3. The zero-order valence-electron chi connectivity index (χ0n) is 9.85. The third kappa shape index (κ3) is 3.20. The fourth-order valence-corrected chi connectivity index (χ4v) is 1.59. The van der Waals surface area contributed by atoms with Crippen molar-refractivity contribution in [2.75, 3.05) is 6.54 Å². The molecular weight excluding hydrogens is 210 g/mol. The molecule has 0 radical (unpaired) electrons. The molecule has 2 rings (SSSR count). The summed E-state index contributed by atoms with van der Waals surface area (Å²) in [6.45, 7) is 3.22. The Kier molecular flexibility index (Phi) is 3.59. The first-order chi connectivity index (χ1) is 8.28. The Labute approximate surface area is 101 Å². The quantitative estimate of drug-likeness (QED) is 0.788. The highest BCUT2D eigenvalue weighted by Gasteiger charge is 1.96. The average Bonchev–Trinajstić information content (AvgIpc) is 2.74. The molecule has 86 valence electrons. The molecule has 0 amide bonds. The molecule has 3 heteroatoms. The van der Waals surface area contributed by atoms with E-state index in [0.717, 1.165) is 12.1 Å². The average molecular weight is 225 g/mol. The molecular formula is C14H15N3. The molecule has 0 spiro atoms. The Morgan fingerprint density at radius 2 is 2.06 bits per heavy atom. The van der Waals surface area contributed by atoms with Crippen LogP contribution < -0.4 is 5.73 Å². The molecule has 0 saturated carbocycles. The molecule has 1 heterocycles. The summed E-state index contributed by atoms with van der Waals surface area (Å²) in [7, 11) is 0. The minimum Gasteiger partial charge on any atom is -0.320 e. The molecule has 1 aromatic heterocycles. The number of aryl methyl sites for hydroxylation is 1. The van der Waals surface area contributed by atoms with E-state index < -0.39 is 0 Å². The zero-order valence-corrected chi connectivity index (χ0v) is 9.85. The number of rotatable bonds is 2. The minimum atomic E-state index is 0.397. The van der Waals surface area contributed by atoms with Crippen LogP contribution >= 0.6 is 0 Å². The Balaban J connectivity index is 2.08. The van der Waals surface area contributed by atoms with Crippen LogP contribution in [0.15, 0.2) is 36.7 Å². The Hall–Kier alpha value is -2.05. The second-order valence-electron chi connectivity index (χ2n) is 3.92. The third-order valence-electron chi connectivity index (χ3n) is 2.40. The lowest BCUT2D eigenvalue weighted by atomic mass is 10.1. The van der Waals surface area contributed by atoms with Gasteiger partial charge in [-0.05, 0) is 30.2 Å². The van der Waals surface area contributed by atoms with E-state index in [2.05, 4.69) is 29.1 Å². The molecule has 2 aromatic rings. The van der Waals surface area contributed by atoms with Crippen molar-refractivity contribution in [3.05, 3.63) is 53.3 Å². The van der Waals surface area contributed by atoms with Crippen LogP contribution in [0.4, 0.5) is 0 Å². The Morgan fingerprint density at radius 1 is 1.29 bits per heavy atom. The second kappa shape index (κ2) is 5.33. The van der Waals surface area contributed by atoms with Crippen LogP contribution in [0.2, 0.25) is 0 Å². The molecule has 0 bridgehead atoms. The van der Waals surface area contributed by atoms with Crippen LogP contribution in [-0.2, 0) is 6.54 Å². The summed E-state index contributed by atoms with van der Waals surface area (Å²) >= 11 is 0. The summed E-state index contributed by atoms with van der Waals surface area (Å²) in [6, 6.07) is 8.15. The molecule has 0 aliphatic carbocycles. The summed E-state index contributed by atoms with van der Waals surface area (Å²) in [5.41, 5.74) is 8.71. The monoisotopic (exact) mass is 225 g/mol. The number of aromatic nitrogens is 2. The summed E-state index contributed by atoms with van der Waals surface area (Å²) in [5.74, 6) is 5.84. The predicted octanol–water partition coefficient (Wildman–Crippen LogP) is 1.55. The summed E-state index contributed by atoms with van der Waals surface area (Å²) < 4.78 is 1.93. The third-order valence-corrected chi connectivity index (χ3v) is 2.40. The largest absolute Gasteiger partial charge is 0.320 e. The maximum atomic E-state index is 5.33. The number of hydrogen-bond donors (Lipinski definition) is 1. The first-order valence-corrected chi connectivity index (χ1v) is 5.55. The van der Waals surface area contributed by atoms with Crippen molar-refractivity contribution in [3.8, 4) is 11.8 Å². The molecule has 0 aliphatic rings. The van der Waals surface area contributed by atoms with Gasteiger partial charge in [0.15, 0.2) is 0 Å². The maximum absolute atomic E-state index is 5.33. The lowest BCUT2D eigenvalue weighted by Gasteiger charge is -2.01. The molecule has 0 atom stereocenters. The van der Waals surface area contributed by atoms with Gasteiger partial charge in [-0.1, -0.05) is 24.0 Å². The highest BCUT2D eigenvalue weighted by atomic mass is 15.3. The summed E-state index contributed by atoms with van der Waals surface area (Å²) in [6.07, 6.45) is 3.89. The van der Waals surface area contributed by atoms with Gasteiger partial charge in [0.2, 0.25) is 0 Å². The molecule has 1 aromatic carbocycles. The number of nitrogens with two attached hydrogens (primary N) is 1. The SMILES string of the molecule is Cc1cnn(Cc2ccc(C#CCN)cc2)c1. The van der Waals surface area contributed by atoms with Gasteiger partial charge in [0, 0.05) is 11.8 Å². The van der Waals surface area contributed by atoms with Gasteiger partial charge in [0.05, 0.1) is 19.3 Å². The number of hydrogen-bond acceptors (Lipinski definition) is 2. The van der Waals surface area contributed by atoms with Gasteiger partial charge >= 0.3 is 0 Å². The number of nitrogens with zero attached hydrogens (tertiary/aromatic N) is 2. The van der Waals surface area contributed by atoms with E-state index in [-0.39, 0.29) is 0 Å². The highest BCUT2D eigenvalue weighted by molar-refractivity contribution is 5.36. The van der Waals surface area contributed by atoms with E-state index in [1.165, 1.54) is 11.1 Å². The molecule has 2 N–H and O–H groups in total. The first-order valence-electron chi connectivity index (χ1n) is 5.55. The van der Waals surface area contributed by atoms with Crippen LogP contribution in [0.1, 0.15) is 16.7 Å². The summed E-state index contributed by atoms with van der Waals surface area (Å²) in [4.78, 5) is 0. The van der Waals surface area contributed by atoms with E-state index in [0.29, 0.717) is 6.54 Å². The smallest absolute Gasteiger partial charge is 0.0659 e. The Morgan fingerprint density at radius 3 is 2.65 bits per heavy atom. The maximum Gasteiger partial charge on any atom is 0.0659 e. The van der Waals surface area contributed by atoms with Crippen molar-refractivity contribution in [2.45, 2.75) is 13.5 Å². The van der Waals surface area contributed by atoms with Crippen LogP contribution in [0.5, 0.6) is 0 Å². The lowest BCUT2D eigenvalue weighted by molar-refractivity contribution is 0.686. The van der Waals surface area contributed by atoms with Crippen molar-refractivity contribution in [1.29, 1.82) is 0 Å². The van der Waals surface area contributed by atoms with E-state index >= 15 is 0 Å². The van der Waals surface area contributed by atoms with Crippen LogP contribution in [0.3, 0.4) is 0 Å². The van der Waals surface area contributed by atoms with Crippen LogP contribution in [-0.4, -0.2) is 16.3 Å². The van der Waals surface area contributed by atoms with E-state index in [4.69, 9.17) is 5.73 Å². The Bertz CT molecular complexity index is 541. The minimum absolute atomic E-state index is 0.397. The van der Waals surface area contributed by atoms with E-state index in [1.807, 2.05) is 36.1 Å². The van der Waals surface area contributed by atoms with Crippen molar-refractivity contribution in [1.82, 2.24) is 9.78 Å². The van der Waals surface area contributed by atoms with E-state index in [1.54, 1.807) is 0 Å². The normalized spacial score (nSPS) is 9.76. The second-order valence-corrected chi connectivity index (χ2v) is 3.92.